The number of rotatable bonds is 7. The number of nitrogens with zero attached hydrogens (tertiary/aromatic N) is 2. The normalized spacial score (nSPS) is 13.4. The number of hydrogen-bond donors (Lipinski definition) is 3. The van der Waals surface area contributed by atoms with Gasteiger partial charge in [-0.1, -0.05) is 24.3 Å². The van der Waals surface area contributed by atoms with Crippen molar-refractivity contribution in [2.24, 2.45) is 4.99 Å². The highest BCUT2D eigenvalue weighted by Gasteiger charge is 2.24. The Morgan fingerprint density at radius 2 is 2.04 bits per heavy atom. The molecule has 0 aliphatic rings. The van der Waals surface area contributed by atoms with Crippen molar-refractivity contribution < 1.29 is 10.0 Å². The number of aliphatic hydroxyl groups is 1. The number of guanidine groups is 1. The van der Waals surface area contributed by atoms with Crippen LogP contribution in [0.15, 0.2) is 46.8 Å². The molecule has 1 aromatic carbocycles. The Kier molecular flexibility index (Phi) is 8.96. The highest BCUT2D eigenvalue weighted by molar-refractivity contribution is 14.0. The number of thiophene rings is 1. The van der Waals surface area contributed by atoms with Crippen molar-refractivity contribution in [3.8, 4) is 0 Å². The van der Waals surface area contributed by atoms with Crippen LogP contribution in [-0.2, 0) is 12.1 Å². The van der Waals surface area contributed by atoms with Gasteiger partial charge in [0.05, 0.1) is 23.6 Å². The maximum absolute atomic E-state index is 11.1. The van der Waals surface area contributed by atoms with Crippen LogP contribution in [0.2, 0.25) is 0 Å². The van der Waals surface area contributed by atoms with E-state index in [1.54, 1.807) is 25.1 Å². The Labute approximate surface area is 173 Å². The quantitative estimate of drug-likeness (QED) is 0.182. The Morgan fingerprint density at radius 1 is 1.31 bits per heavy atom. The van der Waals surface area contributed by atoms with Crippen LogP contribution in [0.25, 0.3) is 0 Å². The lowest BCUT2D eigenvalue weighted by atomic mass is 10.1. The van der Waals surface area contributed by atoms with Crippen molar-refractivity contribution in [3.05, 3.63) is 62.3 Å². The molecule has 0 aliphatic carbocycles. The van der Waals surface area contributed by atoms with Crippen LogP contribution in [0.3, 0.4) is 0 Å². The predicted molar refractivity (Wildman–Crippen MR) is 115 cm³/mol. The maximum atomic E-state index is 11.1. The minimum atomic E-state index is -1.02. The van der Waals surface area contributed by atoms with Gasteiger partial charge in [-0.2, -0.15) is 0 Å². The molecule has 1 unspecified atom stereocenters. The van der Waals surface area contributed by atoms with Crippen molar-refractivity contribution in [2.75, 3.05) is 13.1 Å². The third-order valence-corrected chi connectivity index (χ3v) is 4.72. The van der Waals surface area contributed by atoms with E-state index in [4.69, 9.17) is 0 Å². The molecule has 2 aromatic rings. The number of nitro benzene ring substituents is 1. The fraction of sp³-hybridized carbons (Fsp3) is 0.353. The molecule has 26 heavy (non-hydrogen) atoms. The summed E-state index contributed by atoms with van der Waals surface area (Å²) in [5.41, 5.74) is -0.439. The minimum Gasteiger partial charge on any atom is -0.383 e. The molecule has 0 saturated heterocycles. The summed E-state index contributed by atoms with van der Waals surface area (Å²) in [6.45, 7) is 4.75. The third kappa shape index (κ3) is 6.22. The molecule has 3 N–H and O–H groups in total. The molecule has 0 spiro atoms. The van der Waals surface area contributed by atoms with E-state index in [1.165, 1.54) is 17.4 Å². The van der Waals surface area contributed by atoms with Crippen LogP contribution in [0.1, 0.15) is 24.3 Å². The average molecular weight is 490 g/mol. The molecule has 142 valence electrons. The summed E-state index contributed by atoms with van der Waals surface area (Å²) >= 11 is 1.49. The zero-order valence-electron chi connectivity index (χ0n) is 14.6. The van der Waals surface area contributed by atoms with Gasteiger partial charge in [-0.25, -0.2) is 4.99 Å². The lowest BCUT2D eigenvalue weighted by Gasteiger charge is -2.23. The number of benzene rings is 1. The van der Waals surface area contributed by atoms with Gasteiger partial charge in [0, 0.05) is 17.5 Å². The molecule has 9 heteroatoms. The molecule has 0 fully saturated rings. The Bertz CT molecular complexity index is 735. The zero-order chi connectivity index (χ0) is 18.3. The summed E-state index contributed by atoms with van der Waals surface area (Å²) in [5, 5.41) is 29.7. The smallest absolute Gasteiger partial charge is 0.274 e. The fourth-order valence-corrected chi connectivity index (χ4v) is 3.04. The Hall–Kier alpha value is -1.72. The van der Waals surface area contributed by atoms with Crippen LogP contribution in [0, 0.1) is 10.1 Å². The molecular weight excluding hydrogens is 467 g/mol. The average Bonchev–Trinajstić information content (AvgIpc) is 3.13. The van der Waals surface area contributed by atoms with Crippen molar-refractivity contribution in [1.82, 2.24) is 10.6 Å². The van der Waals surface area contributed by atoms with Gasteiger partial charge in [0.15, 0.2) is 5.96 Å². The Balaban J connectivity index is 0.00000338. The summed E-state index contributed by atoms with van der Waals surface area (Å²) in [4.78, 5) is 15.9. The number of halogens is 1. The van der Waals surface area contributed by atoms with Crippen molar-refractivity contribution >= 4 is 47.0 Å². The van der Waals surface area contributed by atoms with Gasteiger partial charge in [0.1, 0.15) is 5.60 Å². The SMILES string of the molecule is CCNC(=NCc1ccccc1[N+](=O)[O-])NCC(C)(O)c1cccs1.I. The van der Waals surface area contributed by atoms with E-state index < -0.39 is 10.5 Å². The molecule has 0 saturated carbocycles. The fourth-order valence-electron chi connectivity index (χ4n) is 2.26. The molecule has 2 rings (SSSR count). The second kappa shape index (κ2) is 10.4. The molecule has 1 atom stereocenters. The topological polar surface area (TPSA) is 99.8 Å². The number of para-hydroxylation sites is 1. The highest BCUT2D eigenvalue weighted by Crippen LogP contribution is 2.24. The number of nitrogens with one attached hydrogen (secondary N) is 2. The first-order valence-electron chi connectivity index (χ1n) is 7.95. The first kappa shape index (κ1) is 22.3. The van der Waals surface area contributed by atoms with Gasteiger partial charge in [-0.05, 0) is 25.3 Å². The lowest BCUT2D eigenvalue weighted by Crippen LogP contribution is -2.44. The van der Waals surface area contributed by atoms with Gasteiger partial charge < -0.3 is 15.7 Å². The monoisotopic (exact) mass is 490 g/mol. The highest BCUT2D eigenvalue weighted by atomic mass is 127. The third-order valence-electron chi connectivity index (χ3n) is 3.59. The summed E-state index contributed by atoms with van der Waals surface area (Å²) < 4.78 is 0. The van der Waals surface area contributed by atoms with Crippen LogP contribution >= 0.6 is 35.3 Å². The van der Waals surface area contributed by atoms with E-state index in [0.717, 1.165) is 4.88 Å². The van der Waals surface area contributed by atoms with Crippen molar-refractivity contribution in [2.45, 2.75) is 26.0 Å². The van der Waals surface area contributed by atoms with Crippen LogP contribution < -0.4 is 10.6 Å². The summed E-state index contributed by atoms with van der Waals surface area (Å²) in [6.07, 6.45) is 0. The summed E-state index contributed by atoms with van der Waals surface area (Å²) in [6, 6.07) is 10.3. The largest absolute Gasteiger partial charge is 0.383 e. The van der Waals surface area contributed by atoms with E-state index >= 15 is 0 Å². The van der Waals surface area contributed by atoms with Gasteiger partial charge in [-0.15, -0.1) is 35.3 Å². The van der Waals surface area contributed by atoms with E-state index in [9.17, 15) is 15.2 Å². The molecule has 7 nitrogen and oxygen atoms in total. The van der Waals surface area contributed by atoms with Crippen LogP contribution in [-0.4, -0.2) is 29.1 Å². The molecule has 0 amide bonds. The van der Waals surface area contributed by atoms with Gasteiger partial charge in [0.25, 0.3) is 5.69 Å². The van der Waals surface area contributed by atoms with Crippen LogP contribution in [0.4, 0.5) is 5.69 Å². The van der Waals surface area contributed by atoms with E-state index in [0.29, 0.717) is 18.1 Å². The first-order valence-corrected chi connectivity index (χ1v) is 8.83. The molecule has 0 aliphatic heterocycles. The lowest BCUT2D eigenvalue weighted by molar-refractivity contribution is -0.385. The zero-order valence-corrected chi connectivity index (χ0v) is 17.8. The van der Waals surface area contributed by atoms with Crippen molar-refractivity contribution in [1.29, 1.82) is 0 Å². The second-order valence-corrected chi connectivity index (χ2v) is 6.63. The molecular formula is C17H23IN4O3S. The summed E-state index contributed by atoms with van der Waals surface area (Å²) in [5.74, 6) is 0.498. The minimum absolute atomic E-state index is 0. The van der Waals surface area contributed by atoms with Gasteiger partial charge in [0.2, 0.25) is 0 Å². The maximum Gasteiger partial charge on any atom is 0.274 e. The standard InChI is InChI=1S/C17H22N4O3S.HI/c1-3-18-16(20-12-17(2,22)15-9-6-10-25-15)19-11-13-7-4-5-8-14(13)21(23)24;/h4-10,22H,3,11-12H2,1-2H3,(H2,18,19,20);1H. The van der Waals surface area contributed by atoms with Crippen molar-refractivity contribution in [3.63, 3.8) is 0 Å². The molecule has 0 radical (unpaired) electrons. The Morgan fingerprint density at radius 3 is 2.65 bits per heavy atom. The second-order valence-electron chi connectivity index (χ2n) is 5.69. The number of hydrogen-bond acceptors (Lipinski definition) is 5. The van der Waals surface area contributed by atoms with E-state index in [2.05, 4.69) is 15.6 Å². The first-order chi connectivity index (χ1) is 11.9. The van der Waals surface area contributed by atoms with Crippen LogP contribution in [0.5, 0.6) is 0 Å². The van der Waals surface area contributed by atoms with Gasteiger partial charge in [-0.3, -0.25) is 10.1 Å². The predicted octanol–water partition coefficient (Wildman–Crippen LogP) is 3.24. The van der Waals surface area contributed by atoms with E-state index in [1.807, 2.05) is 24.4 Å². The molecule has 0 bridgehead atoms. The molecule has 1 heterocycles. The summed E-state index contributed by atoms with van der Waals surface area (Å²) in [7, 11) is 0. The van der Waals surface area contributed by atoms with E-state index in [-0.39, 0.29) is 42.8 Å². The number of aliphatic imine (C=N–C) groups is 1. The molecule has 1 aromatic heterocycles. The van der Waals surface area contributed by atoms with Gasteiger partial charge >= 0.3 is 0 Å². The number of nitro groups is 1.